The standard InChI is InChI=1S/C19H34N2O4/c1-18(2,3)12-19(4,5)17(25)21-11-10-20-15(22)13-8-6-7-9-14(13)16(23)24/h13-14H,6-12H2,1-5H3,(H,20,22)(H,21,25)(H,23,24). The van der Waals surface area contributed by atoms with Gasteiger partial charge in [0.15, 0.2) is 0 Å². The van der Waals surface area contributed by atoms with E-state index < -0.39 is 23.2 Å². The minimum Gasteiger partial charge on any atom is -0.481 e. The maximum absolute atomic E-state index is 12.3. The first-order chi connectivity index (χ1) is 11.4. The fourth-order valence-electron chi connectivity index (χ4n) is 3.88. The molecule has 1 saturated carbocycles. The molecule has 2 atom stereocenters. The molecule has 3 N–H and O–H groups in total. The monoisotopic (exact) mass is 354 g/mol. The lowest BCUT2D eigenvalue weighted by Crippen LogP contribution is -2.45. The maximum Gasteiger partial charge on any atom is 0.307 e. The molecule has 2 unspecified atom stereocenters. The summed E-state index contributed by atoms with van der Waals surface area (Å²) in [6.07, 6.45) is 3.69. The highest BCUT2D eigenvalue weighted by molar-refractivity contribution is 5.85. The zero-order chi connectivity index (χ0) is 19.3. The molecule has 2 amide bonds. The molecule has 1 aliphatic rings. The van der Waals surface area contributed by atoms with Gasteiger partial charge < -0.3 is 15.7 Å². The molecule has 25 heavy (non-hydrogen) atoms. The van der Waals surface area contributed by atoms with Gasteiger partial charge in [-0.05, 0) is 24.7 Å². The molecule has 0 aromatic rings. The third-order valence-electron chi connectivity index (χ3n) is 4.72. The number of rotatable bonds is 7. The molecule has 0 radical (unpaired) electrons. The number of amides is 2. The summed E-state index contributed by atoms with van der Waals surface area (Å²) >= 11 is 0. The van der Waals surface area contributed by atoms with Crippen LogP contribution >= 0.6 is 0 Å². The second-order valence-electron chi connectivity index (χ2n) is 9.00. The van der Waals surface area contributed by atoms with E-state index in [0.29, 0.717) is 25.9 Å². The quantitative estimate of drug-likeness (QED) is 0.612. The Hall–Kier alpha value is -1.59. The Kier molecular flexibility index (Phi) is 7.44. The van der Waals surface area contributed by atoms with Gasteiger partial charge in [0.25, 0.3) is 0 Å². The number of nitrogens with one attached hydrogen (secondary N) is 2. The van der Waals surface area contributed by atoms with Crippen molar-refractivity contribution in [3.63, 3.8) is 0 Å². The summed E-state index contributed by atoms with van der Waals surface area (Å²) in [5.74, 6) is -2.18. The normalized spacial score (nSPS) is 21.5. The second kappa shape index (κ2) is 8.68. The van der Waals surface area contributed by atoms with E-state index in [2.05, 4.69) is 31.4 Å². The Morgan fingerprint density at radius 2 is 1.44 bits per heavy atom. The first kappa shape index (κ1) is 21.5. The number of carbonyl (C=O) groups is 3. The summed E-state index contributed by atoms with van der Waals surface area (Å²) in [5.41, 5.74) is -0.415. The third kappa shape index (κ3) is 7.04. The van der Waals surface area contributed by atoms with Crippen LogP contribution < -0.4 is 10.6 Å². The van der Waals surface area contributed by atoms with Crippen LogP contribution in [0.4, 0.5) is 0 Å². The van der Waals surface area contributed by atoms with Gasteiger partial charge in [0, 0.05) is 18.5 Å². The number of carbonyl (C=O) groups excluding carboxylic acids is 2. The van der Waals surface area contributed by atoms with E-state index in [0.717, 1.165) is 19.3 Å². The molecule has 0 spiro atoms. The molecule has 0 aromatic heterocycles. The van der Waals surface area contributed by atoms with Crippen LogP contribution in [0, 0.1) is 22.7 Å². The highest BCUT2D eigenvalue weighted by Gasteiger charge is 2.35. The van der Waals surface area contributed by atoms with Crippen LogP contribution in [0.2, 0.25) is 0 Å². The van der Waals surface area contributed by atoms with E-state index in [1.165, 1.54) is 0 Å². The molecule has 0 bridgehead atoms. The fourth-order valence-corrected chi connectivity index (χ4v) is 3.88. The highest BCUT2D eigenvalue weighted by Crippen LogP contribution is 2.33. The minimum absolute atomic E-state index is 0.0299. The van der Waals surface area contributed by atoms with Crippen molar-refractivity contribution in [3.05, 3.63) is 0 Å². The van der Waals surface area contributed by atoms with Gasteiger partial charge in [-0.15, -0.1) is 0 Å². The van der Waals surface area contributed by atoms with Crippen LogP contribution in [-0.4, -0.2) is 36.0 Å². The molecule has 144 valence electrons. The van der Waals surface area contributed by atoms with Gasteiger partial charge in [-0.25, -0.2) is 0 Å². The molecule has 0 heterocycles. The summed E-state index contributed by atoms with van der Waals surface area (Å²) < 4.78 is 0. The van der Waals surface area contributed by atoms with Crippen molar-refractivity contribution in [2.45, 2.75) is 66.7 Å². The van der Waals surface area contributed by atoms with E-state index in [9.17, 15) is 19.5 Å². The van der Waals surface area contributed by atoms with Gasteiger partial charge >= 0.3 is 5.97 Å². The molecule has 6 heteroatoms. The maximum atomic E-state index is 12.3. The van der Waals surface area contributed by atoms with Gasteiger partial charge in [-0.1, -0.05) is 47.5 Å². The van der Waals surface area contributed by atoms with Crippen LogP contribution in [-0.2, 0) is 14.4 Å². The Morgan fingerprint density at radius 1 is 0.920 bits per heavy atom. The fraction of sp³-hybridized carbons (Fsp3) is 0.842. The average Bonchev–Trinajstić information content (AvgIpc) is 2.48. The summed E-state index contributed by atoms with van der Waals surface area (Å²) in [7, 11) is 0. The molecule has 0 saturated heterocycles. The number of hydrogen-bond donors (Lipinski definition) is 3. The summed E-state index contributed by atoms with van der Waals surface area (Å²) in [6, 6.07) is 0. The summed E-state index contributed by atoms with van der Waals surface area (Å²) in [4.78, 5) is 35.9. The minimum atomic E-state index is -0.892. The van der Waals surface area contributed by atoms with Crippen LogP contribution in [0.1, 0.15) is 66.7 Å². The van der Waals surface area contributed by atoms with Gasteiger partial charge in [-0.3, -0.25) is 14.4 Å². The van der Waals surface area contributed by atoms with Crippen LogP contribution in [0.15, 0.2) is 0 Å². The van der Waals surface area contributed by atoms with Crippen molar-refractivity contribution in [2.24, 2.45) is 22.7 Å². The first-order valence-corrected chi connectivity index (χ1v) is 9.23. The van der Waals surface area contributed by atoms with Crippen LogP contribution in [0.25, 0.3) is 0 Å². The molecule has 1 fully saturated rings. The van der Waals surface area contributed by atoms with E-state index in [4.69, 9.17) is 0 Å². The molecule has 0 aromatic carbocycles. The number of carboxylic acids is 1. The lowest BCUT2D eigenvalue weighted by atomic mass is 9.76. The number of hydrogen-bond acceptors (Lipinski definition) is 3. The summed E-state index contributed by atoms with van der Waals surface area (Å²) in [5, 5.41) is 14.9. The Morgan fingerprint density at radius 3 is 1.96 bits per heavy atom. The molecule has 1 aliphatic carbocycles. The first-order valence-electron chi connectivity index (χ1n) is 9.23. The van der Waals surface area contributed by atoms with Crippen LogP contribution in [0.3, 0.4) is 0 Å². The molecular weight excluding hydrogens is 320 g/mol. The predicted octanol–water partition coefficient (Wildman–Crippen LogP) is 2.57. The number of carboxylic acid groups (broad SMARTS) is 1. The van der Waals surface area contributed by atoms with Gasteiger partial charge in [0.2, 0.25) is 11.8 Å². The van der Waals surface area contributed by atoms with E-state index in [1.54, 1.807) is 0 Å². The van der Waals surface area contributed by atoms with Crippen molar-refractivity contribution in [1.29, 1.82) is 0 Å². The smallest absolute Gasteiger partial charge is 0.307 e. The van der Waals surface area contributed by atoms with Crippen LogP contribution in [0.5, 0.6) is 0 Å². The number of aliphatic carboxylic acids is 1. The largest absolute Gasteiger partial charge is 0.481 e. The van der Waals surface area contributed by atoms with Gasteiger partial charge in [0.05, 0.1) is 11.8 Å². The van der Waals surface area contributed by atoms with Crippen molar-refractivity contribution >= 4 is 17.8 Å². The lowest BCUT2D eigenvalue weighted by molar-refractivity contribution is -0.148. The highest BCUT2D eigenvalue weighted by atomic mass is 16.4. The Bertz CT molecular complexity index is 494. The second-order valence-corrected chi connectivity index (χ2v) is 9.00. The topological polar surface area (TPSA) is 95.5 Å². The third-order valence-corrected chi connectivity index (χ3v) is 4.72. The van der Waals surface area contributed by atoms with E-state index in [-0.39, 0.29) is 17.2 Å². The summed E-state index contributed by atoms with van der Waals surface area (Å²) in [6.45, 7) is 10.8. The predicted molar refractivity (Wildman–Crippen MR) is 97.0 cm³/mol. The van der Waals surface area contributed by atoms with Gasteiger partial charge in [0.1, 0.15) is 0 Å². The lowest BCUT2D eigenvalue weighted by Gasteiger charge is -2.31. The zero-order valence-electron chi connectivity index (χ0n) is 16.3. The van der Waals surface area contributed by atoms with Gasteiger partial charge in [-0.2, -0.15) is 0 Å². The van der Waals surface area contributed by atoms with E-state index >= 15 is 0 Å². The van der Waals surface area contributed by atoms with E-state index in [1.807, 2.05) is 13.8 Å². The molecule has 1 rings (SSSR count). The van der Waals surface area contributed by atoms with Crippen molar-refractivity contribution in [3.8, 4) is 0 Å². The SMILES string of the molecule is CC(C)(C)CC(C)(C)C(=O)NCCNC(=O)C1CCCCC1C(=O)O. The average molecular weight is 354 g/mol. The Balaban J connectivity index is 2.40. The molecule has 0 aliphatic heterocycles. The van der Waals surface area contributed by atoms with Crippen molar-refractivity contribution in [2.75, 3.05) is 13.1 Å². The molecule has 6 nitrogen and oxygen atoms in total. The molecular formula is C19H34N2O4. The Labute approximate surface area is 151 Å². The van der Waals surface area contributed by atoms with Crippen molar-refractivity contribution < 1.29 is 19.5 Å². The van der Waals surface area contributed by atoms with Crippen molar-refractivity contribution in [1.82, 2.24) is 10.6 Å². The zero-order valence-corrected chi connectivity index (χ0v) is 16.3.